The highest BCUT2D eigenvalue weighted by atomic mass is 19.1. The molecule has 0 spiro atoms. The molecule has 0 saturated heterocycles. The number of amides is 1. The van der Waals surface area contributed by atoms with Crippen LogP contribution in [0.25, 0.3) is 0 Å². The smallest absolute Gasteiger partial charge is 0.289 e. The number of nitrogens with one attached hydrogen (secondary N) is 2. The van der Waals surface area contributed by atoms with Crippen LogP contribution in [0, 0.1) is 5.82 Å². The highest BCUT2D eigenvalue weighted by molar-refractivity contribution is 5.91. The van der Waals surface area contributed by atoms with Crippen molar-refractivity contribution in [2.75, 3.05) is 6.54 Å². The van der Waals surface area contributed by atoms with Crippen LogP contribution >= 0.6 is 0 Å². The molecule has 0 aliphatic carbocycles. The van der Waals surface area contributed by atoms with E-state index < -0.39 is 0 Å². The quantitative estimate of drug-likeness (QED) is 0.730. The molecule has 0 saturated carbocycles. The Balaban J connectivity index is 1.53. The molecule has 3 aromatic rings. The van der Waals surface area contributed by atoms with Crippen molar-refractivity contribution in [2.45, 2.75) is 12.8 Å². The summed E-state index contributed by atoms with van der Waals surface area (Å²) in [7, 11) is 0. The van der Waals surface area contributed by atoms with Crippen molar-refractivity contribution in [1.82, 2.24) is 20.4 Å². The molecule has 3 rings (SSSR count). The molecule has 6 nitrogen and oxygen atoms in total. The van der Waals surface area contributed by atoms with E-state index in [4.69, 9.17) is 4.52 Å². The third-order valence-electron chi connectivity index (χ3n) is 3.32. The summed E-state index contributed by atoms with van der Waals surface area (Å²) in [5.74, 6) is -0.444. The van der Waals surface area contributed by atoms with E-state index in [-0.39, 0.29) is 17.5 Å². The maximum Gasteiger partial charge on any atom is 0.289 e. The summed E-state index contributed by atoms with van der Waals surface area (Å²) >= 11 is 0. The SMILES string of the molecule is O=C(NCCc1cnc[nH]1)c1cc(Cc2ccc(F)cc2)no1. The minimum atomic E-state index is -0.317. The number of aromatic nitrogens is 3. The van der Waals surface area contributed by atoms with Gasteiger partial charge in [0.1, 0.15) is 5.82 Å². The monoisotopic (exact) mass is 314 g/mol. The maximum absolute atomic E-state index is 12.9. The van der Waals surface area contributed by atoms with Crippen molar-refractivity contribution >= 4 is 5.91 Å². The first kappa shape index (κ1) is 15.0. The molecule has 0 radical (unpaired) electrons. The predicted molar refractivity (Wildman–Crippen MR) is 80.3 cm³/mol. The van der Waals surface area contributed by atoms with E-state index in [1.165, 1.54) is 12.1 Å². The fourth-order valence-corrected chi connectivity index (χ4v) is 2.13. The Hall–Kier alpha value is -2.96. The van der Waals surface area contributed by atoms with Crippen LogP contribution in [0.4, 0.5) is 4.39 Å². The lowest BCUT2D eigenvalue weighted by molar-refractivity contribution is 0.0917. The van der Waals surface area contributed by atoms with Crippen LogP contribution in [0.1, 0.15) is 27.5 Å². The number of halogens is 1. The fourth-order valence-electron chi connectivity index (χ4n) is 2.13. The molecule has 1 aromatic carbocycles. The lowest BCUT2D eigenvalue weighted by atomic mass is 10.1. The van der Waals surface area contributed by atoms with Crippen LogP contribution in [-0.2, 0) is 12.8 Å². The van der Waals surface area contributed by atoms with E-state index in [2.05, 4.69) is 20.4 Å². The lowest BCUT2D eigenvalue weighted by Gasteiger charge is -2.00. The zero-order valence-corrected chi connectivity index (χ0v) is 12.3. The average Bonchev–Trinajstić information content (AvgIpc) is 3.21. The second-order valence-corrected chi connectivity index (χ2v) is 5.07. The number of hydrogen-bond donors (Lipinski definition) is 2. The Kier molecular flexibility index (Phi) is 4.46. The number of nitrogens with zero attached hydrogens (tertiary/aromatic N) is 2. The van der Waals surface area contributed by atoms with Gasteiger partial charge < -0.3 is 14.8 Å². The van der Waals surface area contributed by atoms with Gasteiger partial charge in [-0.15, -0.1) is 0 Å². The summed E-state index contributed by atoms with van der Waals surface area (Å²) in [5, 5.41) is 6.62. The van der Waals surface area contributed by atoms with Gasteiger partial charge in [-0.3, -0.25) is 4.79 Å². The molecule has 0 aliphatic rings. The molecule has 2 N–H and O–H groups in total. The zero-order chi connectivity index (χ0) is 16.1. The molecule has 7 heteroatoms. The van der Waals surface area contributed by atoms with Crippen molar-refractivity contribution in [3.05, 3.63) is 71.4 Å². The molecule has 118 valence electrons. The van der Waals surface area contributed by atoms with Crippen molar-refractivity contribution in [2.24, 2.45) is 0 Å². The number of aromatic amines is 1. The lowest BCUT2D eigenvalue weighted by Crippen LogP contribution is -2.25. The van der Waals surface area contributed by atoms with Gasteiger partial charge in [-0.2, -0.15) is 0 Å². The van der Waals surface area contributed by atoms with Gasteiger partial charge in [0.15, 0.2) is 0 Å². The van der Waals surface area contributed by atoms with E-state index in [9.17, 15) is 9.18 Å². The van der Waals surface area contributed by atoms with Crippen molar-refractivity contribution in [1.29, 1.82) is 0 Å². The van der Waals surface area contributed by atoms with Crippen molar-refractivity contribution in [3.63, 3.8) is 0 Å². The number of carbonyl (C=O) groups is 1. The van der Waals surface area contributed by atoms with Crippen molar-refractivity contribution in [3.8, 4) is 0 Å². The molecule has 2 heterocycles. The average molecular weight is 314 g/mol. The van der Waals surface area contributed by atoms with Gasteiger partial charge >= 0.3 is 0 Å². The van der Waals surface area contributed by atoms with Gasteiger partial charge in [0.05, 0.1) is 12.0 Å². The summed E-state index contributed by atoms with van der Waals surface area (Å²) in [6.07, 6.45) is 4.43. The Morgan fingerprint density at radius 2 is 2.13 bits per heavy atom. The molecule has 0 bridgehead atoms. The summed E-state index contributed by atoms with van der Waals surface area (Å²) in [6, 6.07) is 7.72. The van der Waals surface area contributed by atoms with E-state index in [1.54, 1.807) is 30.7 Å². The van der Waals surface area contributed by atoms with E-state index in [1.807, 2.05) is 0 Å². The summed E-state index contributed by atoms with van der Waals surface area (Å²) in [4.78, 5) is 18.8. The number of carbonyl (C=O) groups excluding carboxylic acids is 1. The van der Waals surface area contributed by atoms with Gasteiger partial charge in [0.25, 0.3) is 5.91 Å². The highest BCUT2D eigenvalue weighted by Gasteiger charge is 2.13. The fraction of sp³-hybridized carbons (Fsp3) is 0.188. The number of benzene rings is 1. The van der Waals surface area contributed by atoms with Crippen LogP contribution in [0.2, 0.25) is 0 Å². The first-order valence-electron chi connectivity index (χ1n) is 7.16. The highest BCUT2D eigenvalue weighted by Crippen LogP contribution is 2.11. The molecule has 0 atom stereocenters. The zero-order valence-electron chi connectivity index (χ0n) is 12.3. The summed E-state index contributed by atoms with van der Waals surface area (Å²) in [5.41, 5.74) is 2.46. The number of H-pyrrole nitrogens is 1. The van der Waals surface area contributed by atoms with E-state index >= 15 is 0 Å². The molecule has 0 unspecified atom stereocenters. The molecule has 0 fully saturated rings. The summed E-state index contributed by atoms with van der Waals surface area (Å²) < 4.78 is 17.9. The summed E-state index contributed by atoms with van der Waals surface area (Å²) in [6.45, 7) is 0.467. The first-order valence-corrected chi connectivity index (χ1v) is 7.16. The van der Waals surface area contributed by atoms with Crippen LogP contribution in [-0.4, -0.2) is 27.6 Å². The van der Waals surface area contributed by atoms with Crippen LogP contribution in [0.15, 0.2) is 47.4 Å². The van der Waals surface area contributed by atoms with Crippen LogP contribution in [0.3, 0.4) is 0 Å². The van der Waals surface area contributed by atoms with E-state index in [0.717, 1.165) is 11.3 Å². The minimum Gasteiger partial charge on any atom is -0.351 e. The molecule has 0 aliphatic heterocycles. The minimum absolute atomic E-state index is 0.159. The Morgan fingerprint density at radius 1 is 1.30 bits per heavy atom. The van der Waals surface area contributed by atoms with Gasteiger partial charge in [0.2, 0.25) is 5.76 Å². The second-order valence-electron chi connectivity index (χ2n) is 5.07. The Labute approximate surface area is 131 Å². The van der Waals surface area contributed by atoms with Crippen LogP contribution < -0.4 is 5.32 Å². The molecule has 1 amide bonds. The molecular weight excluding hydrogens is 299 g/mol. The third kappa shape index (κ3) is 4.03. The third-order valence-corrected chi connectivity index (χ3v) is 3.32. The standard InChI is InChI=1S/C16H15FN4O2/c17-12-3-1-11(2-4-12)7-14-8-15(23-21-14)16(22)19-6-5-13-9-18-10-20-13/h1-4,8-10H,5-7H2,(H,18,20)(H,19,22). The van der Waals surface area contributed by atoms with Gasteiger partial charge in [-0.1, -0.05) is 17.3 Å². The van der Waals surface area contributed by atoms with Gasteiger partial charge in [-0.05, 0) is 17.7 Å². The predicted octanol–water partition coefficient (Wildman–Crippen LogP) is 2.10. The molecular formula is C16H15FN4O2. The Morgan fingerprint density at radius 3 is 2.87 bits per heavy atom. The largest absolute Gasteiger partial charge is 0.351 e. The second kappa shape index (κ2) is 6.87. The van der Waals surface area contributed by atoms with Crippen molar-refractivity contribution < 1.29 is 13.7 Å². The maximum atomic E-state index is 12.9. The molecule has 2 aromatic heterocycles. The van der Waals surface area contributed by atoms with Gasteiger partial charge in [-0.25, -0.2) is 9.37 Å². The first-order chi connectivity index (χ1) is 11.2. The number of rotatable bonds is 6. The number of imidazole rings is 1. The van der Waals surface area contributed by atoms with E-state index in [0.29, 0.717) is 25.1 Å². The number of hydrogen-bond acceptors (Lipinski definition) is 4. The van der Waals surface area contributed by atoms with Gasteiger partial charge in [0, 0.05) is 37.3 Å². The normalized spacial score (nSPS) is 10.7. The topological polar surface area (TPSA) is 83.8 Å². The molecule has 23 heavy (non-hydrogen) atoms. The Bertz CT molecular complexity index is 766. The van der Waals surface area contributed by atoms with Crippen LogP contribution in [0.5, 0.6) is 0 Å².